The van der Waals surface area contributed by atoms with Gasteiger partial charge < -0.3 is 0 Å². The van der Waals surface area contributed by atoms with Crippen LogP contribution in [-0.4, -0.2) is 53.6 Å². The average Bonchev–Trinajstić information content (AvgIpc) is 2.86. The molecule has 1 aromatic heterocycles. The zero-order valence-electron chi connectivity index (χ0n) is 13.8. The number of piperazine rings is 1. The SMILES string of the molecule is Cc1nn(C)cc1CN1CCN(S(=O)(=O)c2ccc(F)cc2)CC1. The monoisotopic (exact) mass is 352 g/mol. The molecule has 6 nitrogen and oxygen atoms in total. The number of hydrogen-bond acceptors (Lipinski definition) is 4. The number of halogens is 1. The quantitative estimate of drug-likeness (QED) is 0.834. The van der Waals surface area contributed by atoms with Crippen molar-refractivity contribution in [3.05, 3.63) is 47.5 Å². The number of sulfonamides is 1. The minimum atomic E-state index is -3.56. The highest BCUT2D eigenvalue weighted by Crippen LogP contribution is 2.19. The predicted octanol–water partition coefficient (Wildman–Crippen LogP) is 1.37. The number of nitrogens with zero attached hydrogens (tertiary/aromatic N) is 4. The molecule has 130 valence electrons. The Bertz CT molecular complexity index is 809. The molecule has 1 aliphatic heterocycles. The van der Waals surface area contributed by atoms with Crippen molar-refractivity contribution in [3.63, 3.8) is 0 Å². The summed E-state index contributed by atoms with van der Waals surface area (Å²) in [4.78, 5) is 2.36. The summed E-state index contributed by atoms with van der Waals surface area (Å²) in [5.74, 6) is -0.439. The van der Waals surface area contributed by atoms with Gasteiger partial charge in [-0.1, -0.05) is 0 Å². The van der Waals surface area contributed by atoms with E-state index in [1.807, 2.05) is 20.2 Å². The molecule has 8 heteroatoms. The van der Waals surface area contributed by atoms with Gasteiger partial charge in [0.1, 0.15) is 5.82 Å². The van der Waals surface area contributed by atoms with Crippen LogP contribution in [0.3, 0.4) is 0 Å². The van der Waals surface area contributed by atoms with Crippen molar-refractivity contribution >= 4 is 10.0 Å². The molecule has 0 atom stereocenters. The van der Waals surface area contributed by atoms with Crippen LogP contribution in [0, 0.1) is 12.7 Å². The van der Waals surface area contributed by atoms with E-state index < -0.39 is 15.8 Å². The molecule has 2 heterocycles. The molecule has 0 amide bonds. The number of rotatable bonds is 4. The Morgan fingerprint density at radius 1 is 1.12 bits per heavy atom. The summed E-state index contributed by atoms with van der Waals surface area (Å²) in [5, 5.41) is 4.33. The van der Waals surface area contributed by atoms with Gasteiger partial charge in [0.2, 0.25) is 10.0 Å². The summed E-state index contributed by atoms with van der Waals surface area (Å²) in [6.45, 7) is 4.93. The van der Waals surface area contributed by atoms with Gasteiger partial charge in [0, 0.05) is 51.5 Å². The van der Waals surface area contributed by atoms with Crippen LogP contribution >= 0.6 is 0 Å². The summed E-state index contributed by atoms with van der Waals surface area (Å²) in [7, 11) is -1.66. The molecular weight excluding hydrogens is 331 g/mol. The maximum absolute atomic E-state index is 13.0. The second-order valence-corrected chi connectivity index (χ2v) is 7.99. The van der Waals surface area contributed by atoms with Crippen LogP contribution < -0.4 is 0 Å². The molecule has 1 aromatic carbocycles. The zero-order chi connectivity index (χ0) is 17.3. The van der Waals surface area contributed by atoms with Gasteiger partial charge in [-0.2, -0.15) is 9.40 Å². The molecule has 0 aliphatic carbocycles. The number of aromatic nitrogens is 2. The molecule has 1 aliphatic rings. The zero-order valence-corrected chi connectivity index (χ0v) is 14.6. The Morgan fingerprint density at radius 3 is 2.29 bits per heavy atom. The molecule has 0 spiro atoms. The first-order valence-corrected chi connectivity index (χ1v) is 9.27. The van der Waals surface area contributed by atoms with Gasteiger partial charge in [0.15, 0.2) is 0 Å². The third-order valence-corrected chi connectivity index (χ3v) is 6.20. The molecule has 0 bridgehead atoms. The first-order chi connectivity index (χ1) is 11.4. The van der Waals surface area contributed by atoms with Crippen LogP contribution in [0.5, 0.6) is 0 Å². The fourth-order valence-electron chi connectivity index (χ4n) is 2.93. The molecule has 1 fully saturated rings. The molecule has 0 unspecified atom stereocenters. The number of hydrogen-bond donors (Lipinski definition) is 0. The largest absolute Gasteiger partial charge is 0.296 e. The highest BCUT2D eigenvalue weighted by molar-refractivity contribution is 7.89. The van der Waals surface area contributed by atoms with Gasteiger partial charge in [-0.3, -0.25) is 9.58 Å². The van der Waals surface area contributed by atoms with Gasteiger partial charge in [0.25, 0.3) is 0 Å². The van der Waals surface area contributed by atoms with Crippen molar-refractivity contribution in [1.82, 2.24) is 19.0 Å². The Morgan fingerprint density at radius 2 is 1.75 bits per heavy atom. The maximum atomic E-state index is 13.0. The highest BCUT2D eigenvalue weighted by atomic mass is 32.2. The number of benzene rings is 1. The lowest BCUT2D eigenvalue weighted by Gasteiger charge is -2.33. The van der Waals surface area contributed by atoms with Crippen molar-refractivity contribution in [1.29, 1.82) is 0 Å². The van der Waals surface area contributed by atoms with E-state index in [9.17, 15) is 12.8 Å². The fraction of sp³-hybridized carbons (Fsp3) is 0.438. The third-order valence-electron chi connectivity index (χ3n) is 4.29. The topological polar surface area (TPSA) is 58.4 Å². The van der Waals surface area contributed by atoms with Crippen LogP contribution in [0.15, 0.2) is 35.4 Å². The second-order valence-electron chi connectivity index (χ2n) is 6.05. The summed E-state index contributed by atoms with van der Waals surface area (Å²) in [6, 6.07) is 4.98. The Balaban J connectivity index is 1.64. The molecule has 0 radical (unpaired) electrons. The number of aryl methyl sites for hydroxylation is 2. The highest BCUT2D eigenvalue weighted by Gasteiger charge is 2.28. The molecule has 3 rings (SSSR count). The Kier molecular flexibility index (Phi) is 4.71. The minimum Gasteiger partial charge on any atom is -0.296 e. The van der Waals surface area contributed by atoms with Crippen LogP contribution in [-0.2, 0) is 23.6 Å². The summed E-state index contributed by atoms with van der Waals surface area (Å²) < 4.78 is 41.4. The van der Waals surface area contributed by atoms with E-state index in [0.29, 0.717) is 26.2 Å². The average molecular weight is 352 g/mol. The van der Waals surface area contributed by atoms with E-state index in [1.165, 1.54) is 28.6 Å². The van der Waals surface area contributed by atoms with E-state index >= 15 is 0 Å². The first-order valence-electron chi connectivity index (χ1n) is 7.83. The lowest BCUT2D eigenvalue weighted by Crippen LogP contribution is -2.48. The van der Waals surface area contributed by atoms with Crippen molar-refractivity contribution in [2.75, 3.05) is 26.2 Å². The van der Waals surface area contributed by atoms with Crippen LogP contribution in [0.25, 0.3) is 0 Å². The first kappa shape index (κ1) is 17.1. The van der Waals surface area contributed by atoms with Crippen molar-refractivity contribution in [2.24, 2.45) is 7.05 Å². The van der Waals surface area contributed by atoms with E-state index in [2.05, 4.69) is 10.00 Å². The summed E-state index contributed by atoms with van der Waals surface area (Å²) >= 11 is 0. The Labute approximate surface area is 141 Å². The van der Waals surface area contributed by atoms with Crippen molar-refractivity contribution in [3.8, 4) is 0 Å². The lowest BCUT2D eigenvalue weighted by molar-refractivity contribution is 0.181. The van der Waals surface area contributed by atoms with Gasteiger partial charge in [-0.05, 0) is 31.2 Å². The van der Waals surface area contributed by atoms with Gasteiger partial charge in [-0.15, -0.1) is 0 Å². The fourth-order valence-corrected chi connectivity index (χ4v) is 4.35. The third kappa shape index (κ3) is 3.50. The van der Waals surface area contributed by atoms with Crippen LogP contribution in [0.4, 0.5) is 4.39 Å². The van der Waals surface area contributed by atoms with Gasteiger partial charge >= 0.3 is 0 Å². The lowest BCUT2D eigenvalue weighted by atomic mass is 10.2. The molecular formula is C16H21FN4O2S. The molecule has 1 saturated heterocycles. The van der Waals surface area contributed by atoms with Crippen molar-refractivity contribution < 1.29 is 12.8 Å². The van der Waals surface area contributed by atoms with E-state index in [1.54, 1.807) is 4.68 Å². The Hall–Kier alpha value is -1.77. The maximum Gasteiger partial charge on any atom is 0.243 e. The van der Waals surface area contributed by atoms with E-state index in [4.69, 9.17) is 0 Å². The minimum absolute atomic E-state index is 0.139. The summed E-state index contributed by atoms with van der Waals surface area (Å²) in [6.07, 6.45) is 2.00. The van der Waals surface area contributed by atoms with Crippen LogP contribution in [0.1, 0.15) is 11.3 Å². The van der Waals surface area contributed by atoms with Gasteiger partial charge in [-0.25, -0.2) is 12.8 Å². The normalized spacial score (nSPS) is 17.3. The standard InChI is InChI=1S/C16H21FN4O2S/c1-13-14(11-19(2)18-13)12-20-7-9-21(10-8-20)24(22,23)16-5-3-15(17)4-6-16/h3-6,11H,7-10,12H2,1-2H3. The van der Waals surface area contributed by atoms with E-state index in [-0.39, 0.29) is 4.90 Å². The molecule has 24 heavy (non-hydrogen) atoms. The summed E-state index contributed by atoms with van der Waals surface area (Å²) in [5.41, 5.74) is 2.16. The molecule has 2 aromatic rings. The predicted molar refractivity (Wildman–Crippen MR) is 88.4 cm³/mol. The smallest absolute Gasteiger partial charge is 0.243 e. The molecule has 0 N–H and O–H groups in total. The van der Waals surface area contributed by atoms with E-state index in [0.717, 1.165) is 17.8 Å². The van der Waals surface area contributed by atoms with Crippen LogP contribution in [0.2, 0.25) is 0 Å². The van der Waals surface area contributed by atoms with Gasteiger partial charge in [0.05, 0.1) is 10.6 Å². The second kappa shape index (κ2) is 6.62. The van der Waals surface area contributed by atoms with Crippen molar-refractivity contribution in [2.45, 2.75) is 18.4 Å². The molecule has 0 saturated carbocycles.